The number of methoxy groups -OCH3 is 1. The van der Waals surface area contributed by atoms with Gasteiger partial charge in [0.1, 0.15) is 16.3 Å². The Morgan fingerprint density at radius 1 is 1.07 bits per heavy atom. The van der Waals surface area contributed by atoms with Crippen LogP contribution in [0.2, 0.25) is 5.02 Å². The molecule has 0 aliphatic rings. The third-order valence-electron chi connectivity index (χ3n) is 4.52. The van der Waals surface area contributed by atoms with Crippen LogP contribution < -0.4 is 10.1 Å². The van der Waals surface area contributed by atoms with Crippen LogP contribution in [0, 0.1) is 0 Å². The van der Waals surface area contributed by atoms with Gasteiger partial charge in [-0.3, -0.25) is 4.79 Å². The summed E-state index contributed by atoms with van der Waals surface area (Å²) in [6.45, 7) is 2.33. The quantitative estimate of drug-likeness (QED) is 0.445. The number of carbonyl (C=O) groups is 2. The Balaban J connectivity index is 1.66. The lowest BCUT2D eigenvalue weighted by Crippen LogP contribution is -2.16. The molecule has 0 saturated carbocycles. The zero-order valence-electron chi connectivity index (χ0n) is 16.7. The van der Waals surface area contributed by atoms with Crippen molar-refractivity contribution in [3.05, 3.63) is 70.1 Å². The molecule has 30 heavy (non-hydrogen) atoms. The average molecular weight is 444 g/mol. The van der Waals surface area contributed by atoms with Gasteiger partial charge in [-0.1, -0.05) is 42.8 Å². The van der Waals surface area contributed by atoms with Crippen molar-refractivity contribution in [1.29, 1.82) is 0 Å². The summed E-state index contributed by atoms with van der Waals surface area (Å²) in [6.07, 6.45) is 1.12. The van der Waals surface area contributed by atoms with Crippen LogP contribution in [0.5, 0.6) is 5.75 Å². The molecule has 1 aromatic heterocycles. The minimum absolute atomic E-state index is 0.157. The molecule has 0 atom stereocenters. The van der Waals surface area contributed by atoms with E-state index < -0.39 is 5.97 Å². The number of thiophene rings is 1. The number of carbonyl (C=O) groups excluding carboxylic acids is 2. The zero-order chi connectivity index (χ0) is 21.5. The Labute approximate surface area is 184 Å². The number of amides is 1. The highest BCUT2D eigenvalue weighted by Gasteiger charge is 2.22. The summed E-state index contributed by atoms with van der Waals surface area (Å²) in [5.74, 6) is -0.0324. The van der Waals surface area contributed by atoms with Gasteiger partial charge >= 0.3 is 5.97 Å². The molecule has 0 aliphatic carbocycles. The van der Waals surface area contributed by atoms with Crippen LogP contribution in [0.25, 0.3) is 11.1 Å². The van der Waals surface area contributed by atoms with E-state index in [1.54, 1.807) is 12.1 Å². The van der Waals surface area contributed by atoms with E-state index >= 15 is 0 Å². The first-order valence-corrected chi connectivity index (χ1v) is 10.7. The number of nitrogens with one attached hydrogen (secondary N) is 1. The van der Waals surface area contributed by atoms with Crippen molar-refractivity contribution in [2.75, 3.05) is 19.0 Å². The van der Waals surface area contributed by atoms with Gasteiger partial charge in [0.2, 0.25) is 5.91 Å². The molecule has 0 fully saturated rings. The van der Waals surface area contributed by atoms with Crippen LogP contribution >= 0.6 is 22.9 Å². The summed E-state index contributed by atoms with van der Waals surface area (Å²) in [4.78, 5) is 24.8. The lowest BCUT2D eigenvalue weighted by atomic mass is 10.0. The van der Waals surface area contributed by atoms with Gasteiger partial charge in [0.05, 0.1) is 20.1 Å². The summed E-state index contributed by atoms with van der Waals surface area (Å²) < 4.78 is 10.6. The number of halogens is 1. The first kappa shape index (κ1) is 21.9. The summed E-state index contributed by atoms with van der Waals surface area (Å²) in [6, 6.07) is 14.9. The predicted molar refractivity (Wildman–Crippen MR) is 121 cm³/mol. The smallest absolute Gasteiger partial charge is 0.341 e. The van der Waals surface area contributed by atoms with Crippen LogP contribution in [0.1, 0.15) is 29.3 Å². The van der Waals surface area contributed by atoms with E-state index in [1.165, 1.54) is 24.0 Å². The summed E-state index contributed by atoms with van der Waals surface area (Å²) in [5, 5.41) is 5.67. The first-order valence-electron chi connectivity index (χ1n) is 9.49. The summed E-state index contributed by atoms with van der Waals surface area (Å²) >= 11 is 7.23. The van der Waals surface area contributed by atoms with Crippen molar-refractivity contribution in [2.24, 2.45) is 0 Å². The van der Waals surface area contributed by atoms with Gasteiger partial charge in [-0.05, 0) is 41.8 Å². The van der Waals surface area contributed by atoms with Crippen molar-refractivity contribution < 1.29 is 19.1 Å². The first-order chi connectivity index (χ1) is 14.5. The average Bonchev–Trinajstić information content (AvgIpc) is 3.17. The molecule has 0 aliphatic heterocycles. The van der Waals surface area contributed by atoms with Gasteiger partial charge in [-0.15, -0.1) is 11.3 Å². The van der Waals surface area contributed by atoms with Gasteiger partial charge in [0.25, 0.3) is 0 Å². The summed E-state index contributed by atoms with van der Waals surface area (Å²) in [5.41, 5.74) is 3.06. The molecule has 156 valence electrons. The van der Waals surface area contributed by atoms with E-state index in [0.717, 1.165) is 17.7 Å². The standard InChI is InChI=1S/C23H22ClNO4S/c1-3-15-4-10-18(11-5-15)29-13-12-20(26)25-22-21(23(27)28-2)19(14-30-22)16-6-8-17(24)9-7-16/h4-11,14H,3,12-13H2,1-2H3,(H,25,26). The fourth-order valence-electron chi connectivity index (χ4n) is 2.87. The Morgan fingerprint density at radius 3 is 2.40 bits per heavy atom. The highest BCUT2D eigenvalue weighted by Crippen LogP contribution is 2.36. The van der Waals surface area contributed by atoms with E-state index in [9.17, 15) is 9.59 Å². The fraction of sp³-hybridized carbons (Fsp3) is 0.217. The van der Waals surface area contributed by atoms with E-state index in [1.807, 2.05) is 41.8 Å². The Kier molecular flexibility index (Phi) is 7.49. The number of benzene rings is 2. The number of hydrogen-bond acceptors (Lipinski definition) is 5. The van der Waals surface area contributed by atoms with E-state index in [4.69, 9.17) is 21.1 Å². The molecule has 0 spiro atoms. The van der Waals surface area contributed by atoms with Gasteiger partial charge in [-0.2, -0.15) is 0 Å². The highest BCUT2D eigenvalue weighted by molar-refractivity contribution is 7.15. The second-order valence-corrected chi connectivity index (χ2v) is 7.81. The molecule has 3 rings (SSSR count). The van der Waals surface area contributed by atoms with E-state index in [-0.39, 0.29) is 18.9 Å². The molecule has 7 heteroatoms. The second kappa shape index (κ2) is 10.3. The van der Waals surface area contributed by atoms with Gasteiger partial charge in [0, 0.05) is 16.0 Å². The van der Waals surface area contributed by atoms with Crippen LogP contribution in [0.3, 0.4) is 0 Å². The number of ether oxygens (including phenoxy) is 2. The van der Waals surface area contributed by atoms with Gasteiger partial charge in [-0.25, -0.2) is 4.79 Å². The van der Waals surface area contributed by atoms with Crippen LogP contribution in [0.15, 0.2) is 53.9 Å². The maximum atomic E-state index is 12.4. The third kappa shape index (κ3) is 5.40. The minimum Gasteiger partial charge on any atom is -0.493 e. The molecule has 1 N–H and O–H groups in total. The van der Waals surface area contributed by atoms with Crippen LogP contribution in [-0.4, -0.2) is 25.6 Å². The number of hydrogen-bond donors (Lipinski definition) is 1. The fourth-order valence-corrected chi connectivity index (χ4v) is 3.97. The molecular weight excluding hydrogens is 422 g/mol. The van der Waals surface area contributed by atoms with Crippen LogP contribution in [0.4, 0.5) is 5.00 Å². The SMILES string of the molecule is CCc1ccc(OCCC(=O)Nc2scc(-c3ccc(Cl)cc3)c2C(=O)OC)cc1. The molecular formula is C23H22ClNO4S. The monoisotopic (exact) mass is 443 g/mol. The molecule has 0 unspecified atom stereocenters. The molecule has 2 aromatic carbocycles. The van der Waals surface area contributed by atoms with Crippen molar-refractivity contribution in [3.8, 4) is 16.9 Å². The zero-order valence-corrected chi connectivity index (χ0v) is 18.3. The molecule has 3 aromatic rings. The van der Waals surface area contributed by atoms with Gasteiger partial charge in [0.15, 0.2) is 0 Å². The van der Waals surface area contributed by atoms with Crippen molar-refractivity contribution >= 4 is 39.8 Å². The Hall–Kier alpha value is -2.83. The van der Waals surface area contributed by atoms with Crippen molar-refractivity contribution in [3.63, 3.8) is 0 Å². The Bertz CT molecular complexity index is 1010. The normalized spacial score (nSPS) is 10.5. The maximum absolute atomic E-state index is 12.4. The molecule has 0 radical (unpaired) electrons. The third-order valence-corrected chi connectivity index (χ3v) is 5.67. The lowest BCUT2D eigenvalue weighted by Gasteiger charge is -2.09. The largest absolute Gasteiger partial charge is 0.493 e. The van der Waals surface area contributed by atoms with Crippen LogP contribution in [-0.2, 0) is 16.0 Å². The molecule has 0 saturated heterocycles. The molecule has 5 nitrogen and oxygen atoms in total. The number of aryl methyl sites for hydroxylation is 1. The van der Waals surface area contributed by atoms with Crippen molar-refractivity contribution in [1.82, 2.24) is 0 Å². The van der Waals surface area contributed by atoms with E-state index in [2.05, 4.69) is 12.2 Å². The predicted octanol–water partition coefficient (Wildman–Crippen LogP) is 5.83. The molecule has 1 amide bonds. The maximum Gasteiger partial charge on any atom is 0.341 e. The summed E-state index contributed by atoms with van der Waals surface area (Å²) in [7, 11) is 1.31. The number of anilines is 1. The number of rotatable bonds is 8. The van der Waals surface area contributed by atoms with Crippen molar-refractivity contribution in [2.45, 2.75) is 19.8 Å². The lowest BCUT2D eigenvalue weighted by molar-refractivity contribution is -0.116. The highest BCUT2D eigenvalue weighted by atomic mass is 35.5. The number of esters is 1. The second-order valence-electron chi connectivity index (χ2n) is 6.50. The Morgan fingerprint density at radius 2 is 1.77 bits per heavy atom. The van der Waals surface area contributed by atoms with Gasteiger partial charge < -0.3 is 14.8 Å². The topological polar surface area (TPSA) is 64.6 Å². The van der Waals surface area contributed by atoms with E-state index in [0.29, 0.717) is 21.2 Å². The molecule has 1 heterocycles. The minimum atomic E-state index is -0.510. The molecule has 0 bridgehead atoms.